The first-order valence-electron chi connectivity index (χ1n) is 14.1. The Morgan fingerprint density at radius 1 is 0.500 bits per heavy atom. The van der Waals surface area contributed by atoms with Crippen molar-refractivity contribution in [3.8, 4) is 12.0 Å². The van der Waals surface area contributed by atoms with Gasteiger partial charge < -0.3 is 31.5 Å². The molecule has 0 aliphatic carbocycles. The maximum atomic E-state index is 12.3. The van der Waals surface area contributed by atoms with Crippen molar-refractivity contribution in [1.82, 2.24) is 29.9 Å². The Morgan fingerprint density at radius 2 is 0.917 bits per heavy atom. The number of para-hydroxylation sites is 2. The topological polar surface area (TPSA) is 220 Å². The summed E-state index contributed by atoms with van der Waals surface area (Å²) in [6.07, 6.45) is 3.21. The van der Waals surface area contributed by atoms with Gasteiger partial charge >= 0.3 is 12.0 Å². The molecule has 0 saturated heterocycles. The Bertz CT molecular complexity index is 2190. The quantitative estimate of drug-likeness (QED) is 0.0638. The van der Waals surface area contributed by atoms with Crippen LogP contribution >= 0.6 is 0 Å². The van der Waals surface area contributed by atoms with E-state index >= 15 is 0 Å². The first-order chi connectivity index (χ1) is 23.2. The molecule has 15 nitrogen and oxygen atoms in total. The van der Waals surface area contributed by atoms with Gasteiger partial charge in [-0.2, -0.15) is 38.3 Å². The Hall–Kier alpha value is -6.65. The highest BCUT2D eigenvalue weighted by Gasteiger charge is 2.16. The van der Waals surface area contributed by atoms with Crippen molar-refractivity contribution in [3.63, 3.8) is 0 Å². The summed E-state index contributed by atoms with van der Waals surface area (Å²) in [7, 11) is -4.64. The zero-order valence-electron chi connectivity index (χ0n) is 24.7. The number of aromatic hydroxyl groups is 2. The summed E-state index contributed by atoms with van der Waals surface area (Å²) in [6, 6.07) is 28.5. The average Bonchev–Trinajstić information content (AvgIpc) is 3.05. The predicted octanol–water partition coefficient (Wildman–Crippen LogP) is 5.86. The zero-order chi connectivity index (χ0) is 33.5. The highest BCUT2D eigenvalue weighted by molar-refractivity contribution is 7.86. The van der Waals surface area contributed by atoms with Gasteiger partial charge in [0.1, 0.15) is 4.90 Å². The molecule has 0 unspecified atom stereocenters. The van der Waals surface area contributed by atoms with Crippen molar-refractivity contribution in [2.45, 2.75) is 4.90 Å². The number of rotatable bonds is 11. The van der Waals surface area contributed by atoms with E-state index in [0.717, 1.165) is 5.69 Å². The molecule has 6 rings (SSSR count). The van der Waals surface area contributed by atoms with Gasteiger partial charge in [0.05, 0.1) is 0 Å². The lowest BCUT2D eigenvalue weighted by atomic mass is 10.1. The molecule has 2 aromatic heterocycles. The second kappa shape index (κ2) is 13.8. The van der Waals surface area contributed by atoms with Gasteiger partial charge in [-0.25, -0.2) is 0 Å². The molecule has 48 heavy (non-hydrogen) atoms. The van der Waals surface area contributed by atoms with Gasteiger partial charge in [0.15, 0.2) is 0 Å². The average molecular weight is 663 g/mol. The fourth-order valence-electron chi connectivity index (χ4n) is 4.35. The third-order valence-corrected chi connectivity index (χ3v) is 7.39. The van der Waals surface area contributed by atoms with Crippen molar-refractivity contribution in [3.05, 3.63) is 114 Å². The number of nitrogens with one attached hydrogen (secondary N) is 4. The predicted molar refractivity (Wildman–Crippen MR) is 181 cm³/mol. The van der Waals surface area contributed by atoms with Crippen LogP contribution in [0.2, 0.25) is 0 Å². The van der Waals surface area contributed by atoms with Gasteiger partial charge in [-0.05, 0) is 59.7 Å². The van der Waals surface area contributed by atoms with E-state index in [0.29, 0.717) is 16.9 Å². The summed E-state index contributed by atoms with van der Waals surface area (Å²) in [5.41, 5.74) is 3.20. The van der Waals surface area contributed by atoms with Crippen LogP contribution in [0, 0.1) is 0 Å². The van der Waals surface area contributed by atoms with Gasteiger partial charge in [-0.15, -0.1) is 0 Å². The second-order valence-electron chi connectivity index (χ2n) is 9.98. The van der Waals surface area contributed by atoms with Gasteiger partial charge in [-0.1, -0.05) is 66.7 Å². The molecule has 4 aromatic carbocycles. The van der Waals surface area contributed by atoms with E-state index in [9.17, 15) is 23.2 Å². The molecule has 0 fully saturated rings. The van der Waals surface area contributed by atoms with E-state index < -0.39 is 22.1 Å². The van der Waals surface area contributed by atoms with Crippen LogP contribution in [0.25, 0.3) is 12.2 Å². The van der Waals surface area contributed by atoms with Crippen molar-refractivity contribution in [2.24, 2.45) is 0 Å². The molecule has 6 aromatic rings. The van der Waals surface area contributed by atoms with Crippen LogP contribution in [0.4, 0.5) is 46.5 Å². The minimum Gasteiger partial charge on any atom is -0.479 e. The molecule has 2 heterocycles. The first kappa shape index (κ1) is 31.3. The molecule has 0 spiro atoms. The van der Waals surface area contributed by atoms with Gasteiger partial charge in [0, 0.05) is 22.7 Å². The number of hydrogen-bond acceptors (Lipinski definition) is 14. The lowest BCUT2D eigenvalue weighted by Gasteiger charge is -2.10. The number of anilines is 8. The first-order valence-corrected chi connectivity index (χ1v) is 15.6. The molecule has 16 heteroatoms. The Balaban J connectivity index is 1.15. The van der Waals surface area contributed by atoms with Crippen LogP contribution in [0.1, 0.15) is 11.1 Å². The van der Waals surface area contributed by atoms with Crippen molar-refractivity contribution in [1.29, 1.82) is 0 Å². The van der Waals surface area contributed by atoms with Crippen molar-refractivity contribution in [2.75, 3.05) is 21.3 Å². The van der Waals surface area contributed by atoms with E-state index in [2.05, 4.69) is 51.2 Å². The fraction of sp³-hybridized carbons (Fsp3) is 0. The molecule has 0 amide bonds. The standard InChI is InChI=1S/C32H26N10O5S/c43-31-39-27(33-22-7-3-1-4-8-22)37-29(41-31)35-24-16-12-20(13-17-24)11-14-21-15-18-25(19-26(21)48(45,46)47)36-30-38-28(40-32(44)42-30)34-23-9-5-2-6-10-23/h1-19H,(H,45,46,47)(H3,33,35,37,39,41,43)(H3,34,36,38,40,42,44). The highest BCUT2D eigenvalue weighted by atomic mass is 32.2. The maximum absolute atomic E-state index is 12.3. The molecule has 0 radical (unpaired) electrons. The molecule has 0 atom stereocenters. The molecular formula is C32H26N10O5S. The van der Waals surface area contributed by atoms with Crippen LogP contribution in [0.5, 0.6) is 12.0 Å². The lowest BCUT2D eigenvalue weighted by Crippen LogP contribution is -2.05. The Morgan fingerprint density at radius 3 is 1.38 bits per heavy atom. The molecule has 240 valence electrons. The minimum atomic E-state index is -4.64. The van der Waals surface area contributed by atoms with E-state index in [4.69, 9.17) is 0 Å². The van der Waals surface area contributed by atoms with E-state index in [1.807, 2.05) is 48.5 Å². The van der Waals surface area contributed by atoms with Crippen molar-refractivity contribution >= 4 is 68.8 Å². The largest absolute Gasteiger partial charge is 0.479 e. The fourth-order valence-corrected chi connectivity index (χ4v) is 5.06. The number of aromatic nitrogens is 6. The van der Waals surface area contributed by atoms with Crippen LogP contribution in [0.15, 0.2) is 108 Å². The third kappa shape index (κ3) is 8.33. The summed E-state index contributed by atoms with van der Waals surface area (Å²) in [5.74, 6) is 0.271. The number of nitrogens with zero attached hydrogens (tertiary/aromatic N) is 6. The van der Waals surface area contributed by atoms with Crippen LogP contribution < -0.4 is 21.3 Å². The molecule has 0 aliphatic heterocycles. The smallest absolute Gasteiger partial charge is 0.320 e. The maximum Gasteiger partial charge on any atom is 0.320 e. The number of hydrogen-bond donors (Lipinski definition) is 7. The summed E-state index contributed by atoms with van der Waals surface area (Å²) >= 11 is 0. The molecule has 0 bridgehead atoms. The second-order valence-corrected chi connectivity index (χ2v) is 11.4. The third-order valence-electron chi connectivity index (χ3n) is 6.48. The summed E-state index contributed by atoms with van der Waals surface area (Å²) in [4.78, 5) is 23.6. The molecule has 0 saturated carbocycles. The molecular weight excluding hydrogens is 636 g/mol. The zero-order valence-corrected chi connectivity index (χ0v) is 25.5. The summed E-state index contributed by atoms with van der Waals surface area (Å²) in [6.45, 7) is 0. The molecule has 7 N–H and O–H groups in total. The monoisotopic (exact) mass is 662 g/mol. The van der Waals surface area contributed by atoms with E-state index in [1.54, 1.807) is 48.5 Å². The van der Waals surface area contributed by atoms with Crippen molar-refractivity contribution < 1.29 is 23.2 Å². The normalized spacial score (nSPS) is 11.3. The van der Waals surface area contributed by atoms with Gasteiger partial charge in [-0.3, -0.25) is 4.55 Å². The minimum absolute atomic E-state index is 0.0586. The summed E-state index contributed by atoms with van der Waals surface area (Å²) in [5, 5.41) is 31.8. The van der Waals surface area contributed by atoms with E-state index in [1.165, 1.54) is 18.2 Å². The number of benzene rings is 4. The van der Waals surface area contributed by atoms with Gasteiger partial charge in [0.2, 0.25) is 23.8 Å². The summed E-state index contributed by atoms with van der Waals surface area (Å²) < 4.78 is 34.6. The highest BCUT2D eigenvalue weighted by Crippen LogP contribution is 2.26. The SMILES string of the molecule is O=S(=O)(O)c1cc(Nc2nc(O)nc(Nc3ccccc3)n2)ccc1C=Cc1ccc(Nc2nc(O)nc(Nc3ccccc3)n2)cc1. The Kier molecular flexibility index (Phi) is 8.99. The van der Waals surface area contributed by atoms with Crippen LogP contribution in [0.3, 0.4) is 0 Å². The molecule has 0 aliphatic rings. The lowest BCUT2D eigenvalue weighted by molar-refractivity contribution is 0.429. The van der Waals surface area contributed by atoms with E-state index in [-0.39, 0.29) is 39.9 Å². The van der Waals surface area contributed by atoms with Gasteiger partial charge in [0.25, 0.3) is 10.1 Å². The Labute approximate surface area is 273 Å². The van der Waals surface area contributed by atoms with Crippen LogP contribution in [-0.2, 0) is 10.1 Å². The van der Waals surface area contributed by atoms with Crippen LogP contribution in [-0.4, -0.2) is 53.1 Å².